The van der Waals surface area contributed by atoms with Crippen molar-refractivity contribution < 1.29 is 4.74 Å². The molecule has 1 aliphatic heterocycles. The number of para-hydroxylation sites is 1. The lowest BCUT2D eigenvalue weighted by Gasteiger charge is -2.24. The van der Waals surface area contributed by atoms with Crippen molar-refractivity contribution in [3.8, 4) is 56.0 Å². The molecule has 0 fully saturated rings. The van der Waals surface area contributed by atoms with Crippen LogP contribution in [0.25, 0.3) is 76.8 Å². The van der Waals surface area contributed by atoms with E-state index < -0.39 is 0 Å². The van der Waals surface area contributed by atoms with Gasteiger partial charge >= 0.3 is 0 Å². The van der Waals surface area contributed by atoms with Gasteiger partial charge < -0.3 is 4.74 Å². The standard InChI is InChI=1S/C42H26O/c1-2-11-27(12-3-1)28-21-23-29(24-22-28)40-31-14-4-6-16-33(31)41(34-17-7-5-15-32(34)40)37-26-25-36-30-13-8-9-19-38(30)43-39-20-10-18-35(37)42(36)39/h1-26H. The molecule has 0 aromatic heterocycles. The number of ether oxygens (including phenoxy) is 1. The summed E-state index contributed by atoms with van der Waals surface area (Å²) in [5.74, 6) is 1.82. The zero-order valence-corrected chi connectivity index (χ0v) is 23.4. The Bertz CT molecular complexity index is 2290. The molecule has 0 saturated carbocycles. The van der Waals surface area contributed by atoms with Gasteiger partial charge in [0.25, 0.3) is 0 Å². The first kappa shape index (κ1) is 24.0. The average Bonchev–Trinajstić information content (AvgIpc) is 3.08. The van der Waals surface area contributed by atoms with E-state index in [1.807, 2.05) is 6.07 Å². The normalized spacial score (nSPS) is 11.9. The first-order valence-electron chi connectivity index (χ1n) is 14.8. The summed E-state index contributed by atoms with van der Waals surface area (Å²) in [4.78, 5) is 0. The van der Waals surface area contributed by atoms with Crippen molar-refractivity contribution in [2.45, 2.75) is 0 Å². The van der Waals surface area contributed by atoms with Crippen LogP contribution in [0.2, 0.25) is 0 Å². The lowest BCUT2D eigenvalue weighted by molar-refractivity contribution is 0.487. The van der Waals surface area contributed by atoms with E-state index >= 15 is 0 Å². The maximum absolute atomic E-state index is 6.43. The molecular weight excluding hydrogens is 520 g/mol. The fourth-order valence-corrected chi connectivity index (χ4v) is 6.99. The molecule has 1 aliphatic rings. The lowest BCUT2D eigenvalue weighted by atomic mass is 9.83. The van der Waals surface area contributed by atoms with Crippen LogP contribution < -0.4 is 4.74 Å². The second-order valence-electron chi connectivity index (χ2n) is 11.2. The van der Waals surface area contributed by atoms with Gasteiger partial charge in [0.2, 0.25) is 0 Å². The molecular formula is C42H26O. The third kappa shape index (κ3) is 3.65. The Hall–Kier alpha value is -5.66. The van der Waals surface area contributed by atoms with E-state index in [2.05, 4.69) is 152 Å². The Morgan fingerprint density at radius 2 is 0.791 bits per heavy atom. The highest BCUT2D eigenvalue weighted by Gasteiger charge is 2.23. The number of hydrogen-bond acceptors (Lipinski definition) is 1. The topological polar surface area (TPSA) is 9.23 Å². The van der Waals surface area contributed by atoms with Crippen molar-refractivity contribution in [3.63, 3.8) is 0 Å². The van der Waals surface area contributed by atoms with Crippen LogP contribution in [0.3, 0.4) is 0 Å². The fraction of sp³-hybridized carbons (Fsp3) is 0. The Balaban J connectivity index is 1.33. The Labute approximate surface area is 250 Å². The van der Waals surface area contributed by atoms with Crippen LogP contribution in [-0.4, -0.2) is 0 Å². The lowest BCUT2D eigenvalue weighted by Crippen LogP contribution is -1.98. The summed E-state index contributed by atoms with van der Waals surface area (Å²) in [6.45, 7) is 0. The predicted molar refractivity (Wildman–Crippen MR) is 181 cm³/mol. The van der Waals surface area contributed by atoms with Gasteiger partial charge in [0, 0.05) is 10.9 Å². The van der Waals surface area contributed by atoms with Crippen molar-refractivity contribution in [2.75, 3.05) is 0 Å². The molecule has 43 heavy (non-hydrogen) atoms. The van der Waals surface area contributed by atoms with Crippen LogP contribution in [0.5, 0.6) is 11.5 Å². The maximum atomic E-state index is 6.43. The Kier molecular flexibility index (Phi) is 5.27. The first-order chi connectivity index (χ1) is 21.3. The van der Waals surface area contributed by atoms with E-state index in [0.717, 1.165) is 17.1 Å². The molecule has 0 saturated heterocycles. The van der Waals surface area contributed by atoms with Gasteiger partial charge in [-0.2, -0.15) is 0 Å². The molecule has 200 valence electrons. The van der Waals surface area contributed by atoms with Crippen LogP contribution in [0.15, 0.2) is 158 Å². The third-order valence-corrected chi connectivity index (χ3v) is 8.88. The first-order valence-corrected chi connectivity index (χ1v) is 14.8. The highest BCUT2D eigenvalue weighted by Crippen LogP contribution is 2.51. The van der Waals surface area contributed by atoms with Crippen molar-refractivity contribution in [1.82, 2.24) is 0 Å². The second-order valence-corrected chi connectivity index (χ2v) is 11.2. The molecule has 0 spiro atoms. The molecule has 1 heterocycles. The largest absolute Gasteiger partial charge is 0.456 e. The van der Waals surface area contributed by atoms with Gasteiger partial charge in [0.1, 0.15) is 11.5 Å². The maximum Gasteiger partial charge on any atom is 0.135 e. The van der Waals surface area contributed by atoms with Gasteiger partial charge in [0.05, 0.1) is 0 Å². The van der Waals surface area contributed by atoms with E-state index in [1.54, 1.807) is 0 Å². The minimum atomic E-state index is 0.911. The summed E-state index contributed by atoms with van der Waals surface area (Å²) in [5.41, 5.74) is 9.80. The smallest absolute Gasteiger partial charge is 0.135 e. The van der Waals surface area contributed by atoms with E-state index in [4.69, 9.17) is 4.74 Å². The molecule has 0 bridgehead atoms. The van der Waals surface area contributed by atoms with Gasteiger partial charge in [-0.1, -0.05) is 146 Å². The monoisotopic (exact) mass is 546 g/mol. The molecule has 0 atom stereocenters. The average molecular weight is 547 g/mol. The fourth-order valence-electron chi connectivity index (χ4n) is 6.99. The predicted octanol–water partition coefficient (Wildman–Crippen LogP) is 11.9. The molecule has 8 aromatic carbocycles. The summed E-state index contributed by atoms with van der Waals surface area (Å²) in [6.07, 6.45) is 0. The molecule has 0 N–H and O–H groups in total. The molecule has 0 radical (unpaired) electrons. The highest BCUT2D eigenvalue weighted by molar-refractivity contribution is 6.24. The number of benzene rings is 8. The minimum Gasteiger partial charge on any atom is -0.456 e. The Morgan fingerprint density at radius 1 is 0.279 bits per heavy atom. The van der Waals surface area contributed by atoms with Gasteiger partial charge in [0.15, 0.2) is 0 Å². The van der Waals surface area contributed by atoms with E-state index in [-0.39, 0.29) is 0 Å². The third-order valence-electron chi connectivity index (χ3n) is 8.88. The van der Waals surface area contributed by atoms with Crippen LogP contribution in [-0.2, 0) is 0 Å². The minimum absolute atomic E-state index is 0.911. The molecule has 1 heteroatoms. The second kappa shape index (κ2) is 9.44. The van der Waals surface area contributed by atoms with Crippen LogP contribution in [0.4, 0.5) is 0 Å². The molecule has 0 unspecified atom stereocenters. The summed E-state index contributed by atoms with van der Waals surface area (Å²) in [5, 5.41) is 7.39. The van der Waals surface area contributed by atoms with Crippen molar-refractivity contribution in [3.05, 3.63) is 158 Å². The van der Waals surface area contributed by atoms with Gasteiger partial charge in [-0.25, -0.2) is 0 Å². The van der Waals surface area contributed by atoms with Crippen LogP contribution >= 0.6 is 0 Å². The van der Waals surface area contributed by atoms with Crippen molar-refractivity contribution >= 4 is 32.3 Å². The molecule has 0 aliphatic carbocycles. The van der Waals surface area contributed by atoms with Crippen LogP contribution in [0.1, 0.15) is 0 Å². The number of fused-ring (bicyclic) bond motifs is 4. The van der Waals surface area contributed by atoms with E-state index in [1.165, 1.54) is 71.3 Å². The van der Waals surface area contributed by atoms with E-state index in [0.29, 0.717) is 0 Å². The summed E-state index contributed by atoms with van der Waals surface area (Å²) in [7, 11) is 0. The quantitative estimate of drug-likeness (QED) is 0.200. The zero-order valence-electron chi connectivity index (χ0n) is 23.4. The van der Waals surface area contributed by atoms with Gasteiger partial charge in [-0.3, -0.25) is 0 Å². The molecule has 8 aromatic rings. The number of hydrogen-bond donors (Lipinski definition) is 0. The van der Waals surface area contributed by atoms with Gasteiger partial charge in [-0.15, -0.1) is 0 Å². The Morgan fingerprint density at radius 3 is 1.51 bits per heavy atom. The summed E-state index contributed by atoms with van der Waals surface area (Å²) >= 11 is 0. The van der Waals surface area contributed by atoms with Crippen LogP contribution in [0, 0.1) is 0 Å². The molecule has 0 amide bonds. The summed E-state index contributed by atoms with van der Waals surface area (Å²) < 4.78 is 6.43. The van der Waals surface area contributed by atoms with Crippen molar-refractivity contribution in [1.29, 1.82) is 0 Å². The highest BCUT2D eigenvalue weighted by atomic mass is 16.5. The summed E-state index contributed by atoms with van der Waals surface area (Å²) in [6, 6.07) is 56.7. The number of rotatable bonds is 3. The zero-order chi connectivity index (χ0) is 28.3. The van der Waals surface area contributed by atoms with E-state index in [9.17, 15) is 0 Å². The van der Waals surface area contributed by atoms with Crippen molar-refractivity contribution in [2.24, 2.45) is 0 Å². The molecule has 9 rings (SSSR count). The molecule has 1 nitrogen and oxygen atoms in total. The SMILES string of the molecule is c1ccc(-c2ccc(-c3c4ccccc4c(-c4ccc5c6c(cccc46)Oc4ccccc4-5)c4ccccc34)cc2)cc1. The van der Waals surface area contributed by atoms with Gasteiger partial charge in [-0.05, 0) is 78.0 Å².